The van der Waals surface area contributed by atoms with Crippen molar-refractivity contribution in [2.45, 2.75) is 13.8 Å². The van der Waals surface area contributed by atoms with Gasteiger partial charge in [-0.3, -0.25) is 0 Å². The molecule has 0 bridgehead atoms. The number of amides is 2. The minimum atomic E-state index is -0.506. The number of halogens is 1. The zero-order valence-corrected chi connectivity index (χ0v) is 12.2. The van der Waals surface area contributed by atoms with Gasteiger partial charge in [0.15, 0.2) is 11.6 Å². The second-order valence-electron chi connectivity index (χ2n) is 4.26. The van der Waals surface area contributed by atoms with Gasteiger partial charge in [0.05, 0.1) is 7.11 Å². The van der Waals surface area contributed by atoms with Gasteiger partial charge in [0.2, 0.25) is 0 Å². The van der Waals surface area contributed by atoms with Crippen LogP contribution in [0.1, 0.15) is 13.8 Å². The van der Waals surface area contributed by atoms with Gasteiger partial charge in [0, 0.05) is 24.8 Å². The van der Waals surface area contributed by atoms with E-state index >= 15 is 0 Å². The highest BCUT2D eigenvalue weighted by atomic mass is 19.1. The smallest absolute Gasteiger partial charge is 0.319 e. The molecular formula is C14H22FN3O2. The van der Waals surface area contributed by atoms with Crippen molar-refractivity contribution in [2.24, 2.45) is 0 Å². The van der Waals surface area contributed by atoms with E-state index in [2.05, 4.69) is 29.4 Å². The number of anilines is 1. The lowest BCUT2D eigenvalue weighted by molar-refractivity contribution is 0.248. The number of urea groups is 1. The fraction of sp³-hybridized carbons (Fsp3) is 0.500. The molecule has 1 aromatic carbocycles. The molecule has 0 aliphatic rings. The molecule has 0 atom stereocenters. The van der Waals surface area contributed by atoms with Crippen LogP contribution in [-0.2, 0) is 0 Å². The third-order valence-corrected chi connectivity index (χ3v) is 3.02. The second-order valence-corrected chi connectivity index (χ2v) is 4.26. The van der Waals surface area contributed by atoms with Crippen LogP contribution in [0.4, 0.5) is 14.9 Å². The molecule has 6 heteroatoms. The molecule has 0 saturated heterocycles. The van der Waals surface area contributed by atoms with Gasteiger partial charge in [-0.15, -0.1) is 0 Å². The van der Waals surface area contributed by atoms with Gasteiger partial charge in [0.1, 0.15) is 0 Å². The Kier molecular flexibility index (Phi) is 6.79. The minimum Gasteiger partial charge on any atom is -0.494 e. The zero-order chi connectivity index (χ0) is 15.0. The van der Waals surface area contributed by atoms with Crippen LogP contribution in [-0.4, -0.2) is 44.2 Å². The van der Waals surface area contributed by atoms with E-state index in [0.717, 1.165) is 19.6 Å². The maximum Gasteiger partial charge on any atom is 0.319 e. The Morgan fingerprint density at radius 3 is 2.60 bits per heavy atom. The molecule has 0 aliphatic heterocycles. The van der Waals surface area contributed by atoms with Crippen LogP contribution in [0.2, 0.25) is 0 Å². The van der Waals surface area contributed by atoms with Gasteiger partial charge < -0.3 is 20.3 Å². The predicted molar refractivity (Wildman–Crippen MR) is 77.8 cm³/mol. The summed E-state index contributed by atoms with van der Waals surface area (Å²) < 4.78 is 18.3. The number of benzene rings is 1. The van der Waals surface area contributed by atoms with E-state index < -0.39 is 5.82 Å². The summed E-state index contributed by atoms with van der Waals surface area (Å²) in [6.07, 6.45) is 0. The molecule has 20 heavy (non-hydrogen) atoms. The van der Waals surface area contributed by atoms with Crippen molar-refractivity contribution >= 4 is 11.7 Å². The number of hydrogen-bond donors (Lipinski definition) is 2. The molecule has 5 nitrogen and oxygen atoms in total. The second kappa shape index (κ2) is 8.37. The largest absolute Gasteiger partial charge is 0.494 e. The molecule has 1 rings (SSSR count). The Morgan fingerprint density at radius 1 is 1.35 bits per heavy atom. The summed E-state index contributed by atoms with van der Waals surface area (Å²) in [5, 5.41) is 5.31. The molecule has 112 valence electrons. The van der Waals surface area contributed by atoms with Crippen molar-refractivity contribution in [1.82, 2.24) is 10.2 Å². The highest BCUT2D eigenvalue weighted by Crippen LogP contribution is 2.20. The summed E-state index contributed by atoms with van der Waals surface area (Å²) in [5.41, 5.74) is 0.392. The highest BCUT2D eigenvalue weighted by Gasteiger charge is 2.06. The van der Waals surface area contributed by atoms with Crippen molar-refractivity contribution < 1.29 is 13.9 Å². The molecule has 0 saturated carbocycles. The number of methoxy groups -OCH3 is 1. The Bertz CT molecular complexity index is 436. The molecule has 2 N–H and O–H groups in total. The number of nitrogens with zero attached hydrogens (tertiary/aromatic N) is 1. The van der Waals surface area contributed by atoms with E-state index in [1.165, 1.54) is 19.2 Å². The molecule has 0 unspecified atom stereocenters. The number of likely N-dealkylation sites (N-methyl/N-ethyl adjacent to an activating group) is 1. The summed E-state index contributed by atoms with van der Waals surface area (Å²) in [6.45, 7) is 7.38. The number of rotatable bonds is 7. The minimum absolute atomic E-state index is 0.150. The standard InChI is InChI=1S/C14H22FN3O2/c1-4-18(5-2)9-8-16-14(19)17-11-6-7-13(20-3)12(15)10-11/h6-7,10H,4-5,8-9H2,1-3H3,(H2,16,17,19). The maximum atomic E-state index is 13.4. The number of carbonyl (C=O) groups is 1. The molecular weight excluding hydrogens is 261 g/mol. The number of hydrogen-bond acceptors (Lipinski definition) is 3. The predicted octanol–water partition coefficient (Wildman–Crippen LogP) is 2.30. The first-order valence-corrected chi connectivity index (χ1v) is 6.71. The van der Waals surface area contributed by atoms with Gasteiger partial charge in [-0.05, 0) is 25.2 Å². The number of ether oxygens (including phenoxy) is 1. The average molecular weight is 283 g/mol. The third kappa shape index (κ3) is 5.05. The van der Waals surface area contributed by atoms with Crippen molar-refractivity contribution in [3.63, 3.8) is 0 Å². The zero-order valence-electron chi connectivity index (χ0n) is 12.2. The topological polar surface area (TPSA) is 53.6 Å². The molecule has 0 aromatic heterocycles. The van der Waals surface area contributed by atoms with E-state index in [-0.39, 0.29) is 11.8 Å². The monoisotopic (exact) mass is 283 g/mol. The summed E-state index contributed by atoms with van der Waals surface area (Å²) in [4.78, 5) is 13.8. The van der Waals surface area contributed by atoms with Crippen molar-refractivity contribution in [3.8, 4) is 5.75 Å². The first kappa shape index (κ1) is 16.2. The van der Waals surface area contributed by atoms with Crippen LogP contribution >= 0.6 is 0 Å². The molecule has 0 radical (unpaired) electrons. The van der Waals surface area contributed by atoms with Gasteiger partial charge in [-0.1, -0.05) is 13.8 Å². The van der Waals surface area contributed by atoms with Crippen molar-refractivity contribution in [3.05, 3.63) is 24.0 Å². The lowest BCUT2D eigenvalue weighted by Crippen LogP contribution is -2.36. The van der Waals surface area contributed by atoms with E-state index in [1.54, 1.807) is 6.07 Å². The van der Waals surface area contributed by atoms with Crippen LogP contribution in [0.25, 0.3) is 0 Å². The summed E-state index contributed by atoms with van der Waals surface area (Å²) in [5.74, 6) is -0.356. The lowest BCUT2D eigenvalue weighted by atomic mass is 10.3. The number of carbonyl (C=O) groups excluding carboxylic acids is 1. The van der Waals surface area contributed by atoms with E-state index in [4.69, 9.17) is 4.74 Å². The van der Waals surface area contributed by atoms with Crippen LogP contribution in [0.15, 0.2) is 18.2 Å². The van der Waals surface area contributed by atoms with Crippen LogP contribution in [0, 0.1) is 5.82 Å². The van der Waals surface area contributed by atoms with Crippen molar-refractivity contribution in [2.75, 3.05) is 38.6 Å². The fourth-order valence-corrected chi connectivity index (χ4v) is 1.79. The molecule has 0 aliphatic carbocycles. The summed E-state index contributed by atoms with van der Waals surface area (Å²) in [7, 11) is 1.39. The Labute approximate surface area is 119 Å². The Balaban J connectivity index is 2.40. The molecule has 0 heterocycles. The third-order valence-electron chi connectivity index (χ3n) is 3.02. The number of nitrogens with one attached hydrogen (secondary N) is 2. The average Bonchev–Trinajstić information content (AvgIpc) is 2.44. The SMILES string of the molecule is CCN(CC)CCNC(=O)Nc1ccc(OC)c(F)c1. The normalized spacial score (nSPS) is 10.4. The van der Waals surface area contributed by atoms with Gasteiger partial charge >= 0.3 is 6.03 Å². The van der Waals surface area contributed by atoms with Crippen LogP contribution in [0.5, 0.6) is 5.75 Å². The first-order valence-electron chi connectivity index (χ1n) is 6.71. The van der Waals surface area contributed by atoms with Crippen LogP contribution in [0.3, 0.4) is 0 Å². The Morgan fingerprint density at radius 2 is 2.05 bits per heavy atom. The summed E-state index contributed by atoms with van der Waals surface area (Å²) >= 11 is 0. The summed E-state index contributed by atoms with van der Waals surface area (Å²) in [6, 6.07) is 3.94. The van der Waals surface area contributed by atoms with E-state index in [0.29, 0.717) is 12.2 Å². The lowest BCUT2D eigenvalue weighted by Gasteiger charge is -2.18. The molecule has 1 aromatic rings. The van der Waals surface area contributed by atoms with Gasteiger partial charge in [-0.25, -0.2) is 9.18 Å². The van der Waals surface area contributed by atoms with E-state index in [1.807, 2.05) is 0 Å². The van der Waals surface area contributed by atoms with Gasteiger partial charge in [0.25, 0.3) is 0 Å². The quantitative estimate of drug-likeness (QED) is 0.807. The van der Waals surface area contributed by atoms with Crippen molar-refractivity contribution in [1.29, 1.82) is 0 Å². The fourth-order valence-electron chi connectivity index (χ4n) is 1.79. The first-order chi connectivity index (χ1) is 9.60. The molecule has 0 fully saturated rings. The molecule has 2 amide bonds. The highest BCUT2D eigenvalue weighted by molar-refractivity contribution is 5.89. The molecule has 0 spiro atoms. The maximum absolute atomic E-state index is 13.4. The van der Waals surface area contributed by atoms with Crippen LogP contribution < -0.4 is 15.4 Å². The van der Waals surface area contributed by atoms with Gasteiger partial charge in [-0.2, -0.15) is 0 Å². The Hall–Kier alpha value is -1.82. The van der Waals surface area contributed by atoms with E-state index in [9.17, 15) is 9.18 Å².